The second-order valence-corrected chi connectivity index (χ2v) is 5.68. The summed E-state index contributed by atoms with van der Waals surface area (Å²) in [6.07, 6.45) is 0.817. The van der Waals surface area contributed by atoms with Crippen LogP contribution in [0.1, 0.15) is 22.8 Å². The minimum absolute atomic E-state index is 0.171. The SMILES string of the molecule is CCc1ccccc1OCC(=O)NNC(=O)c1cccc(Br)c1. The van der Waals surface area contributed by atoms with Gasteiger partial charge >= 0.3 is 0 Å². The Morgan fingerprint density at radius 1 is 1.09 bits per heavy atom. The third kappa shape index (κ3) is 5.10. The van der Waals surface area contributed by atoms with Gasteiger partial charge in [0.25, 0.3) is 11.8 Å². The molecule has 2 aromatic carbocycles. The van der Waals surface area contributed by atoms with Crippen LogP contribution in [-0.2, 0) is 11.2 Å². The molecular weight excluding hydrogens is 360 g/mol. The van der Waals surface area contributed by atoms with Gasteiger partial charge in [0.05, 0.1) is 0 Å². The van der Waals surface area contributed by atoms with E-state index in [-0.39, 0.29) is 6.61 Å². The van der Waals surface area contributed by atoms with Crippen molar-refractivity contribution in [3.63, 3.8) is 0 Å². The molecule has 6 heteroatoms. The van der Waals surface area contributed by atoms with Gasteiger partial charge in [0.2, 0.25) is 0 Å². The third-order valence-corrected chi connectivity index (χ3v) is 3.61. The fourth-order valence-corrected chi connectivity index (χ4v) is 2.34. The van der Waals surface area contributed by atoms with E-state index in [0.29, 0.717) is 11.3 Å². The summed E-state index contributed by atoms with van der Waals surface area (Å²) in [6, 6.07) is 14.4. The van der Waals surface area contributed by atoms with Crippen molar-refractivity contribution >= 4 is 27.7 Å². The van der Waals surface area contributed by atoms with Crippen LogP contribution in [-0.4, -0.2) is 18.4 Å². The van der Waals surface area contributed by atoms with Crippen molar-refractivity contribution < 1.29 is 14.3 Å². The number of halogens is 1. The van der Waals surface area contributed by atoms with Crippen LogP contribution in [0.25, 0.3) is 0 Å². The van der Waals surface area contributed by atoms with Crippen LogP contribution in [0.2, 0.25) is 0 Å². The summed E-state index contributed by atoms with van der Waals surface area (Å²) < 4.78 is 6.26. The molecule has 23 heavy (non-hydrogen) atoms. The number of ether oxygens (including phenoxy) is 1. The molecule has 5 nitrogen and oxygen atoms in total. The van der Waals surface area contributed by atoms with E-state index < -0.39 is 11.8 Å². The van der Waals surface area contributed by atoms with Crippen LogP contribution >= 0.6 is 15.9 Å². The van der Waals surface area contributed by atoms with Crippen LogP contribution in [0.3, 0.4) is 0 Å². The molecule has 0 radical (unpaired) electrons. The highest BCUT2D eigenvalue weighted by Gasteiger charge is 2.09. The van der Waals surface area contributed by atoms with Crippen molar-refractivity contribution in [3.8, 4) is 5.75 Å². The van der Waals surface area contributed by atoms with Gasteiger partial charge in [0.1, 0.15) is 5.75 Å². The summed E-state index contributed by atoms with van der Waals surface area (Å²) in [7, 11) is 0. The highest BCUT2D eigenvalue weighted by Crippen LogP contribution is 2.17. The van der Waals surface area contributed by atoms with Crippen molar-refractivity contribution in [3.05, 3.63) is 64.1 Å². The Morgan fingerprint density at radius 2 is 1.87 bits per heavy atom. The highest BCUT2D eigenvalue weighted by molar-refractivity contribution is 9.10. The van der Waals surface area contributed by atoms with Gasteiger partial charge in [-0.05, 0) is 36.2 Å². The number of rotatable bonds is 5. The molecule has 0 aliphatic carbocycles. The van der Waals surface area contributed by atoms with Gasteiger partial charge in [0, 0.05) is 10.0 Å². The predicted molar refractivity (Wildman–Crippen MR) is 91.1 cm³/mol. The van der Waals surface area contributed by atoms with Crippen molar-refractivity contribution in [2.45, 2.75) is 13.3 Å². The largest absolute Gasteiger partial charge is 0.483 e. The monoisotopic (exact) mass is 376 g/mol. The molecule has 0 saturated carbocycles. The minimum atomic E-state index is -0.431. The van der Waals surface area contributed by atoms with Gasteiger partial charge in [0.15, 0.2) is 6.61 Å². The van der Waals surface area contributed by atoms with Crippen LogP contribution in [0.15, 0.2) is 53.0 Å². The summed E-state index contributed by atoms with van der Waals surface area (Å²) in [6.45, 7) is 1.84. The summed E-state index contributed by atoms with van der Waals surface area (Å²) in [5.41, 5.74) is 6.15. The van der Waals surface area contributed by atoms with Crippen molar-refractivity contribution in [1.29, 1.82) is 0 Å². The Hall–Kier alpha value is -2.34. The summed E-state index contributed by atoms with van der Waals surface area (Å²) in [5.74, 6) is -0.156. The highest BCUT2D eigenvalue weighted by atomic mass is 79.9. The summed E-state index contributed by atoms with van der Waals surface area (Å²) in [5, 5.41) is 0. The number of hydrogen-bond donors (Lipinski definition) is 2. The molecule has 0 bridgehead atoms. The number of para-hydroxylation sites is 1. The molecule has 0 spiro atoms. The van der Waals surface area contributed by atoms with E-state index in [1.807, 2.05) is 37.3 Å². The van der Waals surface area contributed by atoms with E-state index in [9.17, 15) is 9.59 Å². The van der Waals surface area contributed by atoms with E-state index in [4.69, 9.17) is 4.74 Å². The zero-order valence-corrected chi connectivity index (χ0v) is 14.2. The van der Waals surface area contributed by atoms with E-state index in [0.717, 1.165) is 16.5 Å². The predicted octanol–water partition coefficient (Wildman–Crippen LogP) is 2.85. The molecule has 2 N–H and O–H groups in total. The lowest BCUT2D eigenvalue weighted by Gasteiger charge is -2.11. The van der Waals surface area contributed by atoms with Crippen molar-refractivity contribution in [1.82, 2.24) is 10.9 Å². The molecule has 0 unspecified atom stereocenters. The van der Waals surface area contributed by atoms with Gasteiger partial charge < -0.3 is 4.74 Å². The molecule has 2 rings (SSSR count). The maximum absolute atomic E-state index is 11.9. The molecule has 120 valence electrons. The molecular formula is C17H17BrN2O3. The molecule has 2 amide bonds. The summed E-state index contributed by atoms with van der Waals surface area (Å²) >= 11 is 3.29. The summed E-state index contributed by atoms with van der Waals surface area (Å²) in [4.78, 5) is 23.6. The zero-order valence-electron chi connectivity index (χ0n) is 12.6. The maximum atomic E-state index is 11.9. The number of hydrazine groups is 1. The van der Waals surface area contributed by atoms with Gasteiger partial charge in [-0.1, -0.05) is 47.1 Å². The lowest BCUT2D eigenvalue weighted by Crippen LogP contribution is -2.43. The van der Waals surface area contributed by atoms with E-state index in [1.165, 1.54) is 0 Å². The average Bonchev–Trinajstić information content (AvgIpc) is 2.58. The molecule has 0 aliphatic heterocycles. The maximum Gasteiger partial charge on any atom is 0.276 e. The van der Waals surface area contributed by atoms with Crippen LogP contribution in [0, 0.1) is 0 Å². The third-order valence-electron chi connectivity index (χ3n) is 3.11. The van der Waals surface area contributed by atoms with Gasteiger partial charge in [-0.2, -0.15) is 0 Å². The van der Waals surface area contributed by atoms with Crippen molar-refractivity contribution in [2.75, 3.05) is 6.61 Å². The van der Waals surface area contributed by atoms with Crippen molar-refractivity contribution in [2.24, 2.45) is 0 Å². The number of carbonyl (C=O) groups is 2. The number of aryl methyl sites for hydroxylation is 1. The first-order valence-electron chi connectivity index (χ1n) is 7.15. The van der Waals surface area contributed by atoms with E-state index in [1.54, 1.807) is 18.2 Å². The first-order chi connectivity index (χ1) is 11.1. The standard InChI is InChI=1S/C17H17BrN2O3/c1-2-12-6-3-4-9-15(12)23-11-16(21)19-20-17(22)13-7-5-8-14(18)10-13/h3-10H,2,11H2,1H3,(H,19,21)(H,20,22). The number of amides is 2. The smallest absolute Gasteiger partial charge is 0.276 e. The van der Waals surface area contributed by atoms with E-state index >= 15 is 0 Å². The van der Waals surface area contributed by atoms with E-state index in [2.05, 4.69) is 26.8 Å². The Morgan fingerprint density at radius 3 is 2.61 bits per heavy atom. The second-order valence-electron chi connectivity index (χ2n) is 4.76. The van der Waals surface area contributed by atoms with Gasteiger partial charge in [-0.3, -0.25) is 20.4 Å². The number of carbonyl (C=O) groups excluding carboxylic acids is 2. The number of nitrogens with one attached hydrogen (secondary N) is 2. The molecule has 0 atom stereocenters. The number of benzene rings is 2. The second kappa shape index (κ2) is 8.33. The molecule has 0 fully saturated rings. The quantitative estimate of drug-likeness (QED) is 0.788. The fourth-order valence-electron chi connectivity index (χ4n) is 1.94. The Kier molecular flexibility index (Phi) is 6.17. The molecule has 0 aliphatic rings. The normalized spacial score (nSPS) is 10.0. The lowest BCUT2D eigenvalue weighted by atomic mass is 10.1. The van der Waals surface area contributed by atoms with Crippen LogP contribution in [0.4, 0.5) is 0 Å². The minimum Gasteiger partial charge on any atom is -0.483 e. The molecule has 0 aromatic heterocycles. The Labute approximate surface area is 143 Å². The Bertz CT molecular complexity index is 704. The first kappa shape index (κ1) is 17.0. The average molecular weight is 377 g/mol. The zero-order chi connectivity index (χ0) is 16.7. The first-order valence-corrected chi connectivity index (χ1v) is 7.95. The Balaban J connectivity index is 1.82. The molecule has 2 aromatic rings. The number of hydrogen-bond acceptors (Lipinski definition) is 3. The molecule has 0 saturated heterocycles. The molecule has 0 heterocycles. The lowest BCUT2D eigenvalue weighted by molar-refractivity contribution is -0.123. The van der Waals surface area contributed by atoms with Crippen LogP contribution in [0.5, 0.6) is 5.75 Å². The van der Waals surface area contributed by atoms with Gasteiger partial charge in [-0.15, -0.1) is 0 Å². The van der Waals surface area contributed by atoms with Crippen LogP contribution < -0.4 is 15.6 Å². The van der Waals surface area contributed by atoms with Gasteiger partial charge in [-0.25, -0.2) is 0 Å². The topological polar surface area (TPSA) is 67.4 Å². The fraction of sp³-hybridized carbons (Fsp3) is 0.176.